The molecule has 8 nitrogen and oxygen atoms in total. The Morgan fingerprint density at radius 1 is 1.14 bits per heavy atom. The fraction of sp³-hybridized carbons (Fsp3) is 0.286. The summed E-state index contributed by atoms with van der Waals surface area (Å²) in [5.41, 5.74) is 3.84. The predicted molar refractivity (Wildman–Crippen MR) is 144 cm³/mol. The number of anilines is 1. The molecule has 2 aromatic carbocycles. The first-order chi connectivity index (χ1) is 17.9. The largest absolute Gasteiger partial charge is 0.464 e. The molecular formula is C28H29BrN4O4. The molecule has 2 unspecified atom stereocenters. The molecule has 0 saturated carbocycles. The Balaban J connectivity index is 1.21. The highest BCUT2D eigenvalue weighted by atomic mass is 79.9. The van der Waals surface area contributed by atoms with Crippen molar-refractivity contribution in [3.05, 3.63) is 93.7 Å². The Morgan fingerprint density at radius 3 is 2.73 bits per heavy atom. The Hall–Kier alpha value is -3.56. The molecule has 0 radical (unpaired) electrons. The standard InChI is InChI=1S/C28H29BrN4O4/c1-18(20-10-11-23(22(29)17-20)33-27(35)24-9-4-5-13-30-24)26(34)32-14-6-16-37-28(36)25-21-8-3-2-7-19(21)12-15-31-25/h2-5,7-11,13,17-18,25,31H,6,12,14-16H2,1H3,(H,32,34)(H,33,35). The molecule has 1 aromatic heterocycles. The van der Waals surface area contributed by atoms with Crippen molar-refractivity contribution in [3.8, 4) is 0 Å². The van der Waals surface area contributed by atoms with Gasteiger partial charge in [-0.05, 0) is 76.7 Å². The van der Waals surface area contributed by atoms with E-state index in [1.54, 1.807) is 36.5 Å². The van der Waals surface area contributed by atoms with Gasteiger partial charge >= 0.3 is 5.97 Å². The molecule has 2 atom stereocenters. The molecule has 1 aliphatic heterocycles. The van der Waals surface area contributed by atoms with E-state index >= 15 is 0 Å². The zero-order valence-corrected chi connectivity index (χ0v) is 22.1. The smallest absolute Gasteiger partial charge is 0.327 e. The lowest BCUT2D eigenvalue weighted by Gasteiger charge is -2.25. The molecule has 0 fully saturated rings. The summed E-state index contributed by atoms with van der Waals surface area (Å²) in [5, 5.41) is 8.93. The Labute approximate surface area is 224 Å². The van der Waals surface area contributed by atoms with Crippen molar-refractivity contribution in [1.29, 1.82) is 0 Å². The summed E-state index contributed by atoms with van der Waals surface area (Å²) >= 11 is 3.47. The monoisotopic (exact) mass is 564 g/mol. The van der Waals surface area contributed by atoms with Gasteiger partial charge in [-0.2, -0.15) is 0 Å². The summed E-state index contributed by atoms with van der Waals surface area (Å²) in [7, 11) is 0. The van der Waals surface area contributed by atoms with Crippen LogP contribution in [0.4, 0.5) is 5.69 Å². The summed E-state index contributed by atoms with van der Waals surface area (Å²) in [6.45, 7) is 3.17. The number of hydrogen-bond acceptors (Lipinski definition) is 6. The molecule has 1 aliphatic rings. The van der Waals surface area contributed by atoms with E-state index in [4.69, 9.17) is 4.74 Å². The number of carbonyl (C=O) groups is 3. The molecule has 192 valence electrons. The third-order valence-electron chi connectivity index (χ3n) is 6.24. The van der Waals surface area contributed by atoms with Gasteiger partial charge in [0.1, 0.15) is 11.7 Å². The second-order valence-corrected chi connectivity index (χ2v) is 9.63. The summed E-state index contributed by atoms with van der Waals surface area (Å²) in [6, 6.07) is 17.9. The quantitative estimate of drug-likeness (QED) is 0.266. The van der Waals surface area contributed by atoms with Crippen LogP contribution in [0.15, 0.2) is 71.3 Å². The number of hydrogen-bond donors (Lipinski definition) is 3. The van der Waals surface area contributed by atoms with Crippen molar-refractivity contribution >= 4 is 39.4 Å². The van der Waals surface area contributed by atoms with E-state index < -0.39 is 12.0 Å². The third kappa shape index (κ3) is 6.81. The molecule has 2 amide bonds. The van der Waals surface area contributed by atoms with Gasteiger partial charge < -0.3 is 20.7 Å². The maximum Gasteiger partial charge on any atom is 0.327 e. The number of halogens is 1. The number of benzene rings is 2. The fourth-order valence-corrected chi connectivity index (χ4v) is 4.64. The molecule has 0 bridgehead atoms. The predicted octanol–water partition coefficient (Wildman–Crippen LogP) is 4.14. The number of rotatable bonds is 9. The minimum absolute atomic E-state index is 0.133. The number of carbonyl (C=O) groups excluding carboxylic acids is 3. The molecule has 3 N–H and O–H groups in total. The van der Waals surface area contributed by atoms with Crippen LogP contribution in [0.1, 0.15) is 52.5 Å². The Morgan fingerprint density at radius 2 is 1.95 bits per heavy atom. The van der Waals surface area contributed by atoms with Crippen molar-refractivity contribution in [2.45, 2.75) is 31.7 Å². The lowest BCUT2D eigenvalue weighted by Crippen LogP contribution is -2.36. The van der Waals surface area contributed by atoms with Gasteiger partial charge in [-0.1, -0.05) is 36.4 Å². The lowest BCUT2D eigenvalue weighted by atomic mass is 9.94. The molecule has 0 spiro atoms. The number of aromatic nitrogens is 1. The fourth-order valence-electron chi connectivity index (χ4n) is 4.14. The minimum atomic E-state index is -0.449. The van der Waals surface area contributed by atoms with Gasteiger partial charge in [-0.25, -0.2) is 4.79 Å². The third-order valence-corrected chi connectivity index (χ3v) is 6.90. The van der Waals surface area contributed by atoms with Crippen LogP contribution in [0.3, 0.4) is 0 Å². The van der Waals surface area contributed by atoms with Crippen LogP contribution in [0.25, 0.3) is 0 Å². The van der Waals surface area contributed by atoms with Crippen LogP contribution in [0.5, 0.6) is 0 Å². The number of ether oxygens (including phenoxy) is 1. The van der Waals surface area contributed by atoms with Crippen molar-refractivity contribution in [1.82, 2.24) is 15.6 Å². The summed E-state index contributed by atoms with van der Waals surface area (Å²) in [6.07, 6.45) is 2.97. The molecule has 0 saturated heterocycles. The van der Waals surface area contributed by atoms with Gasteiger partial charge in [0.05, 0.1) is 18.2 Å². The average Bonchev–Trinajstić information content (AvgIpc) is 2.93. The molecule has 37 heavy (non-hydrogen) atoms. The van der Waals surface area contributed by atoms with E-state index in [0.29, 0.717) is 28.8 Å². The number of esters is 1. The maximum absolute atomic E-state index is 12.7. The topological polar surface area (TPSA) is 109 Å². The number of pyridine rings is 1. The number of fused-ring (bicyclic) bond motifs is 1. The Kier molecular flexibility index (Phi) is 9.03. The van der Waals surface area contributed by atoms with Gasteiger partial charge in [-0.15, -0.1) is 0 Å². The van der Waals surface area contributed by atoms with Crippen LogP contribution in [0, 0.1) is 0 Å². The highest BCUT2D eigenvalue weighted by Crippen LogP contribution is 2.28. The van der Waals surface area contributed by atoms with Crippen LogP contribution in [-0.2, 0) is 20.7 Å². The van der Waals surface area contributed by atoms with Gasteiger partial charge in [0.2, 0.25) is 5.91 Å². The first-order valence-corrected chi connectivity index (χ1v) is 13.0. The van der Waals surface area contributed by atoms with Crippen LogP contribution in [-0.4, -0.2) is 42.5 Å². The van der Waals surface area contributed by atoms with Crippen molar-refractivity contribution < 1.29 is 19.1 Å². The first kappa shape index (κ1) is 26.5. The second kappa shape index (κ2) is 12.6. The van der Waals surface area contributed by atoms with Gasteiger partial charge in [0.25, 0.3) is 5.91 Å². The van der Waals surface area contributed by atoms with E-state index in [1.165, 1.54) is 5.56 Å². The van der Waals surface area contributed by atoms with Crippen molar-refractivity contribution in [2.75, 3.05) is 25.0 Å². The maximum atomic E-state index is 12.7. The van der Waals surface area contributed by atoms with E-state index in [2.05, 4.69) is 36.9 Å². The summed E-state index contributed by atoms with van der Waals surface area (Å²) in [5.74, 6) is -1.15. The highest BCUT2D eigenvalue weighted by molar-refractivity contribution is 9.10. The van der Waals surface area contributed by atoms with Gasteiger partial charge in [0, 0.05) is 23.8 Å². The van der Waals surface area contributed by atoms with E-state index in [1.807, 2.05) is 37.3 Å². The number of amides is 2. The van der Waals surface area contributed by atoms with Crippen LogP contribution >= 0.6 is 15.9 Å². The summed E-state index contributed by atoms with van der Waals surface area (Å²) < 4.78 is 6.13. The lowest BCUT2D eigenvalue weighted by molar-refractivity contribution is -0.146. The zero-order valence-electron chi connectivity index (χ0n) is 20.5. The molecular weight excluding hydrogens is 536 g/mol. The minimum Gasteiger partial charge on any atom is -0.464 e. The highest BCUT2D eigenvalue weighted by Gasteiger charge is 2.27. The van der Waals surface area contributed by atoms with E-state index in [-0.39, 0.29) is 24.4 Å². The SMILES string of the molecule is CC(C(=O)NCCCOC(=O)C1NCCc2ccccc21)c1ccc(NC(=O)c2ccccn2)c(Br)c1. The van der Waals surface area contributed by atoms with Crippen molar-refractivity contribution in [2.24, 2.45) is 0 Å². The van der Waals surface area contributed by atoms with Gasteiger partial charge in [-0.3, -0.25) is 14.6 Å². The molecule has 3 aromatic rings. The summed E-state index contributed by atoms with van der Waals surface area (Å²) in [4.78, 5) is 41.6. The molecule has 9 heteroatoms. The second-order valence-electron chi connectivity index (χ2n) is 8.78. The number of nitrogens with zero attached hydrogens (tertiary/aromatic N) is 1. The average molecular weight is 565 g/mol. The van der Waals surface area contributed by atoms with E-state index in [9.17, 15) is 14.4 Å². The van der Waals surface area contributed by atoms with Crippen molar-refractivity contribution in [3.63, 3.8) is 0 Å². The van der Waals surface area contributed by atoms with E-state index in [0.717, 1.165) is 24.1 Å². The normalized spacial score (nSPS) is 15.2. The zero-order chi connectivity index (χ0) is 26.2. The first-order valence-electron chi connectivity index (χ1n) is 12.2. The van der Waals surface area contributed by atoms with Gasteiger partial charge in [0.15, 0.2) is 0 Å². The molecule has 4 rings (SSSR count). The number of nitrogens with one attached hydrogen (secondary N) is 3. The molecule has 0 aliphatic carbocycles. The molecule has 2 heterocycles. The van der Waals surface area contributed by atoms with Crippen LogP contribution in [0.2, 0.25) is 0 Å². The van der Waals surface area contributed by atoms with Crippen LogP contribution < -0.4 is 16.0 Å². The Bertz CT molecular complexity index is 1270.